The maximum atomic E-state index is 13.5. The first-order valence-corrected chi connectivity index (χ1v) is 6.30. The quantitative estimate of drug-likeness (QED) is 0.783. The van der Waals surface area contributed by atoms with Crippen molar-refractivity contribution in [2.24, 2.45) is 0 Å². The van der Waals surface area contributed by atoms with E-state index in [4.69, 9.17) is 0 Å². The van der Waals surface area contributed by atoms with Crippen LogP contribution < -0.4 is 0 Å². The second kappa shape index (κ2) is 5.97. The largest absolute Gasteiger partial charge is 0.401 e. The molecule has 1 heterocycles. The highest BCUT2D eigenvalue weighted by Crippen LogP contribution is 2.19. The summed E-state index contributed by atoms with van der Waals surface area (Å²) in [4.78, 5) is 14.4. The highest BCUT2D eigenvalue weighted by Gasteiger charge is 2.33. The maximum Gasteiger partial charge on any atom is 0.401 e. The van der Waals surface area contributed by atoms with Gasteiger partial charge in [0, 0.05) is 26.2 Å². The number of hydrogen-bond acceptors (Lipinski definition) is 2. The number of alkyl halides is 3. The van der Waals surface area contributed by atoms with Crippen LogP contribution in [0.2, 0.25) is 0 Å². The van der Waals surface area contributed by atoms with Gasteiger partial charge in [-0.1, -0.05) is 6.07 Å². The molecule has 1 aliphatic rings. The van der Waals surface area contributed by atoms with Crippen LogP contribution in [0.25, 0.3) is 0 Å². The third-order valence-electron chi connectivity index (χ3n) is 3.24. The molecule has 0 N–H and O–H groups in total. The Morgan fingerprint density at radius 1 is 1.05 bits per heavy atom. The van der Waals surface area contributed by atoms with Crippen LogP contribution in [0.5, 0.6) is 0 Å². The molecule has 8 heteroatoms. The standard InChI is InChI=1S/C13H13F5N2O/c14-9-2-1-3-10(15)11(9)12(21)20-6-4-19(5-7-20)8-13(16,17)18/h1-3H,4-8H2. The lowest BCUT2D eigenvalue weighted by Gasteiger charge is -2.35. The van der Waals surface area contributed by atoms with Gasteiger partial charge in [-0.05, 0) is 12.1 Å². The van der Waals surface area contributed by atoms with Crippen molar-refractivity contribution in [2.45, 2.75) is 6.18 Å². The van der Waals surface area contributed by atoms with E-state index < -0.39 is 35.8 Å². The number of carbonyl (C=O) groups is 1. The average molecular weight is 308 g/mol. The van der Waals surface area contributed by atoms with Crippen LogP contribution in [0, 0.1) is 11.6 Å². The molecule has 0 aromatic heterocycles. The van der Waals surface area contributed by atoms with E-state index in [0.717, 1.165) is 28.0 Å². The van der Waals surface area contributed by atoms with Gasteiger partial charge in [0.2, 0.25) is 0 Å². The van der Waals surface area contributed by atoms with Gasteiger partial charge < -0.3 is 4.90 Å². The molecule has 3 nitrogen and oxygen atoms in total. The molecule has 0 atom stereocenters. The fourth-order valence-electron chi connectivity index (χ4n) is 2.22. The van der Waals surface area contributed by atoms with Crippen LogP contribution >= 0.6 is 0 Å². The summed E-state index contributed by atoms with van der Waals surface area (Å²) in [5, 5.41) is 0. The maximum absolute atomic E-state index is 13.5. The predicted molar refractivity (Wildman–Crippen MR) is 64.8 cm³/mol. The zero-order chi connectivity index (χ0) is 15.6. The summed E-state index contributed by atoms with van der Waals surface area (Å²) >= 11 is 0. The normalized spacial score (nSPS) is 17.1. The first kappa shape index (κ1) is 15.7. The van der Waals surface area contributed by atoms with Gasteiger partial charge in [0.25, 0.3) is 5.91 Å². The number of benzene rings is 1. The molecule has 0 unspecified atom stereocenters. The third-order valence-corrected chi connectivity index (χ3v) is 3.24. The van der Waals surface area contributed by atoms with Crippen molar-refractivity contribution in [2.75, 3.05) is 32.7 Å². The summed E-state index contributed by atoms with van der Waals surface area (Å²) < 4.78 is 63.8. The van der Waals surface area contributed by atoms with Crippen molar-refractivity contribution in [1.82, 2.24) is 9.80 Å². The van der Waals surface area contributed by atoms with E-state index in [2.05, 4.69) is 0 Å². The van der Waals surface area contributed by atoms with E-state index >= 15 is 0 Å². The fourth-order valence-corrected chi connectivity index (χ4v) is 2.22. The highest BCUT2D eigenvalue weighted by atomic mass is 19.4. The van der Waals surface area contributed by atoms with E-state index in [9.17, 15) is 26.7 Å². The van der Waals surface area contributed by atoms with Crippen LogP contribution in [0.1, 0.15) is 10.4 Å². The van der Waals surface area contributed by atoms with Crippen molar-refractivity contribution >= 4 is 5.91 Å². The molecule has 1 saturated heterocycles. The smallest absolute Gasteiger partial charge is 0.336 e. The Balaban J connectivity index is 2.01. The summed E-state index contributed by atoms with van der Waals surface area (Å²) in [6.45, 7) is -1.02. The first-order chi connectivity index (χ1) is 9.78. The number of piperazine rings is 1. The van der Waals surface area contributed by atoms with E-state index in [1.54, 1.807) is 0 Å². The summed E-state index contributed by atoms with van der Waals surface area (Å²) in [5.74, 6) is -2.78. The van der Waals surface area contributed by atoms with Crippen molar-refractivity contribution in [3.05, 3.63) is 35.4 Å². The van der Waals surface area contributed by atoms with Crippen LogP contribution in [0.3, 0.4) is 0 Å². The second-order valence-corrected chi connectivity index (χ2v) is 4.78. The van der Waals surface area contributed by atoms with Gasteiger partial charge in [-0.2, -0.15) is 13.2 Å². The lowest BCUT2D eigenvalue weighted by atomic mass is 10.1. The molecule has 1 amide bonds. The number of halogens is 5. The molecule has 1 aliphatic heterocycles. The lowest BCUT2D eigenvalue weighted by molar-refractivity contribution is -0.148. The first-order valence-electron chi connectivity index (χ1n) is 6.30. The fraction of sp³-hybridized carbons (Fsp3) is 0.462. The molecule has 2 rings (SSSR count). The third kappa shape index (κ3) is 3.90. The second-order valence-electron chi connectivity index (χ2n) is 4.78. The lowest BCUT2D eigenvalue weighted by Crippen LogP contribution is -2.51. The average Bonchev–Trinajstić information content (AvgIpc) is 2.37. The summed E-state index contributed by atoms with van der Waals surface area (Å²) in [6, 6.07) is 3.08. The SMILES string of the molecule is O=C(c1c(F)cccc1F)N1CCN(CC(F)(F)F)CC1. The van der Waals surface area contributed by atoms with E-state index in [-0.39, 0.29) is 26.2 Å². The Bertz CT molecular complexity index is 504. The molecule has 0 radical (unpaired) electrons. The van der Waals surface area contributed by atoms with Crippen molar-refractivity contribution in [1.29, 1.82) is 0 Å². The van der Waals surface area contributed by atoms with Crippen LogP contribution in [-0.2, 0) is 0 Å². The van der Waals surface area contributed by atoms with E-state index in [0.29, 0.717) is 0 Å². The van der Waals surface area contributed by atoms with Gasteiger partial charge >= 0.3 is 6.18 Å². The molecular weight excluding hydrogens is 295 g/mol. The van der Waals surface area contributed by atoms with Gasteiger partial charge in [0.1, 0.15) is 17.2 Å². The van der Waals surface area contributed by atoms with Gasteiger partial charge in [-0.25, -0.2) is 8.78 Å². The number of nitrogens with zero attached hydrogens (tertiary/aromatic N) is 2. The Morgan fingerprint density at radius 2 is 1.57 bits per heavy atom. The van der Waals surface area contributed by atoms with Crippen LogP contribution in [-0.4, -0.2) is 54.6 Å². The number of rotatable bonds is 2. The molecule has 116 valence electrons. The Labute approximate surface area is 117 Å². The van der Waals surface area contributed by atoms with Gasteiger partial charge in [-0.15, -0.1) is 0 Å². The van der Waals surface area contributed by atoms with Crippen molar-refractivity contribution < 1.29 is 26.7 Å². The number of carbonyl (C=O) groups excluding carboxylic acids is 1. The van der Waals surface area contributed by atoms with Crippen LogP contribution in [0.15, 0.2) is 18.2 Å². The molecule has 1 aromatic rings. The highest BCUT2D eigenvalue weighted by molar-refractivity contribution is 5.94. The zero-order valence-corrected chi connectivity index (χ0v) is 11.0. The van der Waals surface area contributed by atoms with E-state index in [1.807, 2.05) is 0 Å². The predicted octanol–water partition coefficient (Wildman–Crippen LogP) is 2.28. The zero-order valence-electron chi connectivity index (χ0n) is 11.0. The van der Waals surface area contributed by atoms with Gasteiger partial charge in [-0.3, -0.25) is 9.69 Å². The number of amides is 1. The van der Waals surface area contributed by atoms with E-state index in [1.165, 1.54) is 0 Å². The molecule has 21 heavy (non-hydrogen) atoms. The molecular formula is C13H13F5N2O. The Kier molecular flexibility index (Phi) is 4.46. The van der Waals surface area contributed by atoms with Gasteiger partial charge in [0.15, 0.2) is 0 Å². The monoisotopic (exact) mass is 308 g/mol. The summed E-state index contributed by atoms with van der Waals surface area (Å²) in [5.41, 5.74) is -0.665. The molecule has 0 aliphatic carbocycles. The minimum atomic E-state index is -4.30. The summed E-state index contributed by atoms with van der Waals surface area (Å²) in [6.07, 6.45) is -4.30. The summed E-state index contributed by atoms with van der Waals surface area (Å²) in [7, 11) is 0. The minimum Gasteiger partial charge on any atom is -0.336 e. The Morgan fingerprint density at radius 3 is 2.05 bits per heavy atom. The molecule has 0 spiro atoms. The minimum absolute atomic E-state index is 0.00267. The van der Waals surface area contributed by atoms with Gasteiger partial charge in [0.05, 0.1) is 6.54 Å². The molecule has 1 aromatic carbocycles. The molecule has 0 bridgehead atoms. The number of hydrogen-bond donors (Lipinski definition) is 0. The molecule has 0 saturated carbocycles. The van der Waals surface area contributed by atoms with Crippen LogP contribution in [0.4, 0.5) is 22.0 Å². The van der Waals surface area contributed by atoms with Crippen molar-refractivity contribution in [3.63, 3.8) is 0 Å². The van der Waals surface area contributed by atoms with Crippen molar-refractivity contribution in [3.8, 4) is 0 Å². The topological polar surface area (TPSA) is 23.6 Å². The molecule has 1 fully saturated rings. The Hall–Kier alpha value is -1.70.